The highest BCUT2D eigenvalue weighted by Crippen LogP contribution is 2.42. The van der Waals surface area contributed by atoms with Gasteiger partial charge in [0.25, 0.3) is 11.8 Å². The number of carbonyl (C=O) groups excluding carboxylic acids is 2. The summed E-state index contributed by atoms with van der Waals surface area (Å²) in [6, 6.07) is 9.87. The van der Waals surface area contributed by atoms with E-state index >= 15 is 0 Å². The van der Waals surface area contributed by atoms with Crippen molar-refractivity contribution in [3.05, 3.63) is 59.0 Å². The summed E-state index contributed by atoms with van der Waals surface area (Å²) in [5, 5.41) is 15.0. The Morgan fingerprint density at radius 3 is 2.72 bits per heavy atom. The molecule has 1 aliphatic carbocycles. The lowest BCUT2D eigenvalue weighted by Gasteiger charge is -2.06. The smallest absolute Gasteiger partial charge is 0.291 e. The van der Waals surface area contributed by atoms with Crippen LogP contribution in [0.4, 0.5) is 10.8 Å². The topological polar surface area (TPSA) is 97.1 Å². The Bertz CT molecular complexity index is 916. The number of carbonyl (C=O) groups is 2. The van der Waals surface area contributed by atoms with E-state index in [0.717, 1.165) is 17.8 Å². The summed E-state index contributed by atoms with van der Waals surface area (Å²) in [7, 11) is 0. The van der Waals surface area contributed by atoms with Gasteiger partial charge in [-0.15, -0.1) is 10.2 Å². The van der Waals surface area contributed by atoms with E-state index in [4.69, 9.17) is 4.42 Å². The molecule has 126 valence electrons. The number of anilines is 2. The van der Waals surface area contributed by atoms with Gasteiger partial charge in [0.15, 0.2) is 5.76 Å². The van der Waals surface area contributed by atoms with E-state index in [2.05, 4.69) is 20.8 Å². The van der Waals surface area contributed by atoms with Crippen molar-refractivity contribution in [2.24, 2.45) is 0 Å². The summed E-state index contributed by atoms with van der Waals surface area (Å²) in [6.45, 7) is 0. The van der Waals surface area contributed by atoms with Crippen LogP contribution in [0.3, 0.4) is 0 Å². The molecule has 0 spiro atoms. The third-order valence-corrected chi connectivity index (χ3v) is 4.72. The Morgan fingerprint density at radius 1 is 1.08 bits per heavy atom. The van der Waals surface area contributed by atoms with Crippen LogP contribution in [0.1, 0.15) is 44.7 Å². The molecule has 0 saturated heterocycles. The lowest BCUT2D eigenvalue weighted by atomic mass is 10.2. The van der Waals surface area contributed by atoms with Crippen LogP contribution in [0.25, 0.3) is 0 Å². The second-order valence-electron chi connectivity index (χ2n) is 5.69. The van der Waals surface area contributed by atoms with E-state index in [-0.39, 0.29) is 17.6 Å². The highest BCUT2D eigenvalue weighted by atomic mass is 32.1. The summed E-state index contributed by atoms with van der Waals surface area (Å²) in [4.78, 5) is 24.4. The second-order valence-corrected chi connectivity index (χ2v) is 6.70. The van der Waals surface area contributed by atoms with Crippen molar-refractivity contribution >= 4 is 34.0 Å². The lowest BCUT2D eigenvalue weighted by molar-refractivity contribution is 0.0993. The van der Waals surface area contributed by atoms with Gasteiger partial charge >= 0.3 is 0 Å². The first-order valence-electron chi connectivity index (χ1n) is 7.79. The van der Waals surface area contributed by atoms with Crippen molar-refractivity contribution in [2.75, 3.05) is 10.6 Å². The number of amides is 2. The maximum absolute atomic E-state index is 12.4. The fraction of sp³-hybridized carbons (Fsp3) is 0.176. The van der Waals surface area contributed by atoms with Crippen LogP contribution in [0.5, 0.6) is 0 Å². The molecule has 1 saturated carbocycles. The largest absolute Gasteiger partial charge is 0.459 e. The molecule has 25 heavy (non-hydrogen) atoms. The number of hydrogen-bond donors (Lipinski definition) is 2. The standard InChI is InChI=1S/C17H14N4O3S/c22-14(19-17-21-20-16(25-17)10-6-7-10)11-3-1-4-12(9-11)18-15(23)13-5-2-8-24-13/h1-5,8-10H,6-7H2,(H,18,23)(H,19,21,22). The minimum atomic E-state index is -0.374. The maximum Gasteiger partial charge on any atom is 0.291 e. The SMILES string of the molecule is O=C(Nc1nnc(C2CC2)s1)c1cccc(NC(=O)c2ccco2)c1. The van der Waals surface area contributed by atoms with Crippen molar-refractivity contribution in [3.8, 4) is 0 Å². The fourth-order valence-electron chi connectivity index (χ4n) is 2.29. The number of aromatic nitrogens is 2. The second kappa shape index (κ2) is 6.48. The van der Waals surface area contributed by atoms with Crippen LogP contribution in [-0.2, 0) is 0 Å². The molecule has 3 aromatic rings. The third kappa shape index (κ3) is 3.58. The van der Waals surface area contributed by atoms with Crippen LogP contribution in [-0.4, -0.2) is 22.0 Å². The molecule has 2 aromatic heterocycles. The number of nitrogens with zero attached hydrogens (tertiary/aromatic N) is 2. The molecule has 2 heterocycles. The average molecular weight is 354 g/mol. The Kier molecular flexibility index (Phi) is 4.02. The number of nitrogens with one attached hydrogen (secondary N) is 2. The van der Waals surface area contributed by atoms with Crippen LogP contribution in [0.15, 0.2) is 47.1 Å². The average Bonchev–Trinajstić information content (AvgIpc) is 3.11. The van der Waals surface area contributed by atoms with Gasteiger partial charge < -0.3 is 9.73 Å². The number of benzene rings is 1. The van der Waals surface area contributed by atoms with E-state index in [1.807, 2.05) is 0 Å². The Hall–Kier alpha value is -3.00. The fourth-order valence-corrected chi connectivity index (χ4v) is 3.20. The van der Waals surface area contributed by atoms with E-state index in [9.17, 15) is 9.59 Å². The Morgan fingerprint density at radius 2 is 1.96 bits per heavy atom. The first-order chi connectivity index (χ1) is 12.2. The van der Waals surface area contributed by atoms with Gasteiger partial charge in [0.05, 0.1) is 6.26 Å². The van der Waals surface area contributed by atoms with Gasteiger partial charge in [-0.1, -0.05) is 17.4 Å². The number of rotatable bonds is 5. The van der Waals surface area contributed by atoms with Crippen molar-refractivity contribution in [3.63, 3.8) is 0 Å². The van der Waals surface area contributed by atoms with Gasteiger partial charge in [-0.25, -0.2) is 0 Å². The van der Waals surface area contributed by atoms with Gasteiger partial charge in [0.2, 0.25) is 5.13 Å². The zero-order chi connectivity index (χ0) is 17.2. The van der Waals surface area contributed by atoms with Crippen LogP contribution in [0, 0.1) is 0 Å². The number of hydrogen-bond acceptors (Lipinski definition) is 6. The molecule has 1 aliphatic rings. The van der Waals surface area contributed by atoms with Crippen molar-refractivity contribution in [1.82, 2.24) is 10.2 Å². The number of furan rings is 1. The van der Waals surface area contributed by atoms with E-state index in [0.29, 0.717) is 22.3 Å². The van der Waals surface area contributed by atoms with E-state index in [1.165, 1.54) is 17.6 Å². The summed E-state index contributed by atoms with van der Waals surface area (Å²) >= 11 is 1.40. The molecule has 0 atom stereocenters. The van der Waals surface area contributed by atoms with Crippen molar-refractivity contribution in [2.45, 2.75) is 18.8 Å². The molecule has 0 aliphatic heterocycles. The molecule has 2 N–H and O–H groups in total. The molecule has 1 aromatic carbocycles. The molecular weight excluding hydrogens is 340 g/mol. The predicted molar refractivity (Wildman–Crippen MR) is 92.9 cm³/mol. The van der Waals surface area contributed by atoms with E-state index in [1.54, 1.807) is 36.4 Å². The van der Waals surface area contributed by atoms with Crippen LogP contribution < -0.4 is 10.6 Å². The van der Waals surface area contributed by atoms with Gasteiger partial charge in [-0.3, -0.25) is 14.9 Å². The zero-order valence-electron chi connectivity index (χ0n) is 13.1. The molecule has 0 radical (unpaired) electrons. The molecule has 1 fully saturated rings. The van der Waals surface area contributed by atoms with Gasteiger partial charge in [-0.2, -0.15) is 0 Å². The maximum atomic E-state index is 12.4. The summed E-state index contributed by atoms with van der Waals surface area (Å²) in [5.41, 5.74) is 0.922. The monoisotopic (exact) mass is 354 g/mol. The molecular formula is C17H14N4O3S. The summed E-state index contributed by atoms with van der Waals surface area (Å²) in [5.74, 6) is 0.0352. The van der Waals surface area contributed by atoms with E-state index < -0.39 is 0 Å². The van der Waals surface area contributed by atoms with Gasteiger partial charge in [0.1, 0.15) is 5.01 Å². The summed E-state index contributed by atoms with van der Waals surface area (Å²) in [6.07, 6.45) is 3.71. The minimum absolute atomic E-state index is 0.205. The minimum Gasteiger partial charge on any atom is -0.459 e. The normalized spacial score (nSPS) is 13.4. The third-order valence-electron chi connectivity index (χ3n) is 3.72. The quantitative estimate of drug-likeness (QED) is 0.731. The van der Waals surface area contributed by atoms with Crippen LogP contribution >= 0.6 is 11.3 Å². The molecule has 4 rings (SSSR count). The Balaban J connectivity index is 1.44. The Labute approximate surface area is 147 Å². The highest BCUT2D eigenvalue weighted by Gasteiger charge is 2.27. The van der Waals surface area contributed by atoms with Crippen molar-refractivity contribution < 1.29 is 14.0 Å². The molecule has 8 heteroatoms. The summed E-state index contributed by atoms with van der Waals surface area (Å²) < 4.78 is 5.05. The lowest BCUT2D eigenvalue weighted by Crippen LogP contribution is -2.14. The molecule has 0 unspecified atom stereocenters. The predicted octanol–water partition coefficient (Wildman–Crippen LogP) is 3.51. The molecule has 2 amide bonds. The zero-order valence-corrected chi connectivity index (χ0v) is 13.9. The molecule has 7 nitrogen and oxygen atoms in total. The first-order valence-corrected chi connectivity index (χ1v) is 8.60. The highest BCUT2D eigenvalue weighted by molar-refractivity contribution is 7.15. The first kappa shape index (κ1) is 15.5. The van der Waals surface area contributed by atoms with Gasteiger partial charge in [-0.05, 0) is 43.2 Å². The van der Waals surface area contributed by atoms with Gasteiger partial charge in [0, 0.05) is 17.2 Å². The van der Waals surface area contributed by atoms with Crippen molar-refractivity contribution in [1.29, 1.82) is 0 Å². The molecule has 0 bridgehead atoms. The van der Waals surface area contributed by atoms with Crippen LogP contribution in [0.2, 0.25) is 0 Å².